The van der Waals surface area contributed by atoms with E-state index in [1.54, 1.807) is 0 Å². The van der Waals surface area contributed by atoms with Crippen molar-refractivity contribution in [3.8, 4) is 0 Å². The van der Waals surface area contributed by atoms with E-state index in [0.717, 1.165) is 0 Å². The van der Waals surface area contributed by atoms with Gasteiger partial charge in [0.2, 0.25) is 0 Å². The zero-order chi connectivity index (χ0) is 11.3. The van der Waals surface area contributed by atoms with Crippen LogP contribution in [0.5, 0.6) is 0 Å². The summed E-state index contributed by atoms with van der Waals surface area (Å²) < 4.78 is 0. The topological polar surface area (TPSA) is 121 Å². The van der Waals surface area contributed by atoms with Crippen LogP contribution in [0.1, 0.15) is 23.2 Å². The maximum absolute atomic E-state index is 11.4. The number of anilines is 1. The molecule has 7 heteroatoms. The molecule has 0 spiro atoms. The molecule has 82 valence electrons. The molecule has 0 bridgehead atoms. The minimum atomic E-state index is -0.882. The monoisotopic (exact) mass is 212 g/mol. The number of hydrogen-bond donors (Lipinski definition) is 4. The van der Waals surface area contributed by atoms with Crippen LogP contribution in [0.25, 0.3) is 0 Å². The van der Waals surface area contributed by atoms with E-state index < -0.39 is 5.97 Å². The molecule has 1 aromatic heterocycles. The number of carbonyl (C=O) groups is 2. The van der Waals surface area contributed by atoms with E-state index in [4.69, 9.17) is 10.8 Å². The van der Waals surface area contributed by atoms with E-state index in [1.165, 1.54) is 6.20 Å². The predicted octanol–water partition coefficient (Wildman–Crippen LogP) is -0.414. The van der Waals surface area contributed by atoms with E-state index in [1.807, 2.05) is 0 Å². The van der Waals surface area contributed by atoms with Crippen LogP contribution in [-0.2, 0) is 4.79 Å². The maximum Gasteiger partial charge on any atom is 0.303 e. The van der Waals surface area contributed by atoms with Gasteiger partial charge < -0.3 is 16.2 Å². The number of nitrogens with zero attached hydrogens (tertiary/aromatic N) is 1. The van der Waals surface area contributed by atoms with Gasteiger partial charge in [-0.15, -0.1) is 0 Å². The molecule has 0 unspecified atom stereocenters. The van der Waals surface area contributed by atoms with Gasteiger partial charge in [0.05, 0.1) is 6.20 Å². The van der Waals surface area contributed by atoms with Crippen molar-refractivity contribution in [2.24, 2.45) is 0 Å². The van der Waals surface area contributed by atoms with Gasteiger partial charge in [0.1, 0.15) is 11.4 Å². The normalized spacial score (nSPS) is 9.87. The molecule has 0 aliphatic carbocycles. The summed E-state index contributed by atoms with van der Waals surface area (Å²) in [5.74, 6) is -1.04. The van der Waals surface area contributed by atoms with Crippen molar-refractivity contribution >= 4 is 17.7 Å². The second-order valence-electron chi connectivity index (χ2n) is 2.95. The van der Waals surface area contributed by atoms with Crippen LogP contribution in [0.15, 0.2) is 6.20 Å². The van der Waals surface area contributed by atoms with Crippen LogP contribution in [0, 0.1) is 0 Å². The van der Waals surface area contributed by atoms with Gasteiger partial charge in [-0.1, -0.05) is 0 Å². The molecule has 0 aliphatic heterocycles. The zero-order valence-corrected chi connectivity index (χ0v) is 7.99. The number of H-pyrrole nitrogens is 1. The third-order valence-electron chi connectivity index (χ3n) is 1.77. The van der Waals surface area contributed by atoms with Crippen LogP contribution in [-0.4, -0.2) is 33.7 Å². The average molecular weight is 212 g/mol. The predicted molar refractivity (Wildman–Crippen MR) is 52.2 cm³/mol. The molecule has 0 radical (unpaired) electrons. The minimum Gasteiger partial charge on any atom is -0.481 e. The molecule has 5 N–H and O–H groups in total. The summed E-state index contributed by atoms with van der Waals surface area (Å²) in [6.07, 6.45) is 1.74. The second-order valence-corrected chi connectivity index (χ2v) is 2.95. The summed E-state index contributed by atoms with van der Waals surface area (Å²) >= 11 is 0. The molecule has 15 heavy (non-hydrogen) atoms. The lowest BCUT2D eigenvalue weighted by Gasteiger charge is -2.02. The van der Waals surface area contributed by atoms with Crippen molar-refractivity contribution in [1.82, 2.24) is 15.5 Å². The summed E-state index contributed by atoms with van der Waals surface area (Å²) in [7, 11) is 0. The highest BCUT2D eigenvalue weighted by molar-refractivity contribution is 5.98. The fourth-order valence-corrected chi connectivity index (χ4v) is 1.01. The van der Waals surface area contributed by atoms with Crippen LogP contribution < -0.4 is 11.1 Å². The largest absolute Gasteiger partial charge is 0.481 e. The standard InChI is InChI=1S/C8H12N4O3/c9-7-5(4-11-12-7)8(15)10-3-1-2-6(13)14/h4H,1-3H2,(H,10,15)(H,13,14)(H3,9,11,12). The number of rotatable bonds is 5. The van der Waals surface area contributed by atoms with Crippen molar-refractivity contribution < 1.29 is 14.7 Å². The molecular formula is C8H12N4O3. The number of aliphatic carboxylic acids is 1. The molecular weight excluding hydrogens is 200 g/mol. The van der Waals surface area contributed by atoms with E-state index in [9.17, 15) is 9.59 Å². The molecule has 1 heterocycles. The van der Waals surface area contributed by atoms with Crippen molar-refractivity contribution in [2.75, 3.05) is 12.3 Å². The van der Waals surface area contributed by atoms with Crippen molar-refractivity contribution in [1.29, 1.82) is 0 Å². The Balaban J connectivity index is 2.31. The minimum absolute atomic E-state index is 0.0289. The summed E-state index contributed by atoms with van der Waals surface area (Å²) in [6.45, 7) is 0.301. The number of amides is 1. The summed E-state index contributed by atoms with van der Waals surface area (Å²) in [6, 6.07) is 0. The van der Waals surface area contributed by atoms with Gasteiger partial charge in [-0.2, -0.15) is 5.10 Å². The van der Waals surface area contributed by atoms with Gasteiger partial charge in [-0.05, 0) is 6.42 Å². The van der Waals surface area contributed by atoms with Gasteiger partial charge in [0, 0.05) is 13.0 Å². The number of aromatic nitrogens is 2. The number of nitrogens with one attached hydrogen (secondary N) is 2. The van der Waals surface area contributed by atoms with Crippen molar-refractivity contribution in [3.63, 3.8) is 0 Å². The maximum atomic E-state index is 11.4. The molecule has 1 aromatic rings. The highest BCUT2D eigenvalue weighted by atomic mass is 16.4. The molecule has 0 saturated heterocycles. The molecule has 1 rings (SSSR count). The molecule has 0 aromatic carbocycles. The number of carboxylic acids is 1. The molecule has 0 aliphatic rings. The summed E-state index contributed by atoms with van der Waals surface area (Å²) in [5.41, 5.74) is 5.69. The Labute approximate surface area is 85.7 Å². The van der Waals surface area contributed by atoms with Crippen LogP contribution >= 0.6 is 0 Å². The first-order valence-electron chi connectivity index (χ1n) is 4.40. The van der Waals surface area contributed by atoms with E-state index in [2.05, 4.69) is 15.5 Å². The number of hydrogen-bond acceptors (Lipinski definition) is 4. The van der Waals surface area contributed by atoms with E-state index >= 15 is 0 Å². The number of aromatic amines is 1. The van der Waals surface area contributed by atoms with E-state index in [-0.39, 0.29) is 23.7 Å². The first kappa shape index (κ1) is 11.0. The Morgan fingerprint density at radius 2 is 2.33 bits per heavy atom. The smallest absolute Gasteiger partial charge is 0.303 e. The van der Waals surface area contributed by atoms with Crippen molar-refractivity contribution in [2.45, 2.75) is 12.8 Å². The quantitative estimate of drug-likeness (QED) is 0.494. The molecule has 7 nitrogen and oxygen atoms in total. The number of carbonyl (C=O) groups excluding carboxylic acids is 1. The number of nitrogens with two attached hydrogens (primary N) is 1. The van der Waals surface area contributed by atoms with Crippen LogP contribution in [0.3, 0.4) is 0 Å². The second kappa shape index (κ2) is 4.99. The van der Waals surface area contributed by atoms with E-state index in [0.29, 0.717) is 13.0 Å². The first-order chi connectivity index (χ1) is 7.11. The lowest BCUT2D eigenvalue weighted by Crippen LogP contribution is -2.25. The Kier molecular flexibility index (Phi) is 3.67. The van der Waals surface area contributed by atoms with Gasteiger partial charge in [-0.25, -0.2) is 0 Å². The van der Waals surface area contributed by atoms with Crippen LogP contribution in [0.4, 0.5) is 5.82 Å². The van der Waals surface area contributed by atoms with Gasteiger partial charge in [-0.3, -0.25) is 14.7 Å². The average Bonchev–Trinajstić information content (AvgIpc) is 2.58. The fourth-order valence-electron chi connectivity index (χ4n) is 1.01. The Hall–Kier alpha value is -2.05. The highest BCUT2D eigenvalue weighted by Crippen LogP contribution is 2.04. The van der Waals surface area contributed by atoms with Gasteiger partial charge >= 0.3 is 5.97 Å². The summed E-state index contributed by atoms with van der Waals surface area (Å²) in [4.78, 5) is 21.6. The lowest BCUT2D eigenvalue weighted by molar-refractivity contribution is -0.137. The SMILES string of the molecule is Nc1[nH]ncc1C(=O)NCCCC(=O)O. The fraction of sp³-hybridized carbons (Fsp3) is 0.375. The first-order valence-corrected chi connectivity index (χ1v) is 4.40. The Bertz CT molecular complexity index is 361. The third kappa shape index (κ3) is 3.29. The third-order valence-corrected chi connectivity index (χ3v) is 1.77. The summed E-state index contributed by atoms with van der Waals surface area (Å²) in [5, 5.41) is 16.9. The Morgan fingerprint density at radius 3 is 2.87 bits per heavy atom. The zero-order valence-electron chi connectivity index (χ0n) is 7.99. The van der Waals surface area contributed by atoms with Gasteiger partial charge in [0.25, 0.3) is 5.91 Å². The number of carboxylic acid groups (broad SMARTS) is 1. The number of nitrogen functional groups attached to an aromatic ring is 1. The molecule has 0 atom stereocenters. The van der Waals surface area contributed by atoms with Crippen LogP contribution in [0.2, 0.25) is 0 Å². The highest BCUT2D eigenvalue weighted by Gasteiger charge is 2.10. The van der Waals surface area contributed by atoms with Gasteiger partial charge in [0.15, 0.2) is 0 Å². The molecule has 0 saturated carbocycles. The molecule has 1 amide bonds. The molecule has 0 fully saturated rings. The Morgan fingerprint density at radius 1 is 1.60 bits per heavy atom. The lowest BCUT2D eigenvalue weighted by atomic mass is 10.3. The van der Waals surface area contributed by atoms with Crippen molar-refractivity contribution in [3.05, 3.63) is 11.8 Å².